The highest BCUT2D eigenvalue weighted by Gasteiger charge is 2.45. The smallest absolute Gasteiger partial charge is 0.302 e. The number of aliphatic hydroxyl groups excluding tert-OH is 4. The van der Waals surface area contributed by atoms with E-state index in [0.29, 0.717) is 6.07 Å². The molecule has 2 heterocycles. The number of phenolic OH excluding ortho intramolecular Hbond substituents is 2. The molecule has 0 amide bonds. The van der Waals surface area contributed by atoms with Crippen LogP contribution in [-0.2, 0) is 14.9 Å². The molecule has 0 spiro atoms. The molecule has 2 aromatic carbocycles. The highest BCUT2D eigenvalue weighted by Crippen LogP contribution is 2.41. The first-order chi connectivity index (χ1) is 16.5. The number of benzene rings is 2. The molecule has 0 aliphatic carbocycles. The quantitative estimate of drug-likeness (QED) is 0.210. The summed E-state index contributed by atoms with van der Waals surface area (Å²) < 4.78 is 49.8. The van der Waals surface area contributed by atoms with Crippen LogP contribution in [0.3, 0.4) is 0 Å². The Balaban J connectivity index is 2.00. The van der Waals surface area contributed by atoms with Gasteiger partial charge < -0.3 is 44.5 Å². The highest BCUT2D eigenvalue weighted by molar-refractivity contribution is 7.86. The van der Waals surface area contributed by atoms with E-state index in [9.17, 15) is 48.4 Å². The molecular formula is C21H20O13S. The largest absolute Gasteiger partial charge is 0.507 e. The first kappa shape index (κ1) is 24.9. The van der Waals surface area contributed by atoms with E-state index in [1.165, 1.54) is 24.3 Å². The van der Waals surface area contributed by atoms with Crippen LogP contribution in [0.25, 0.3) is 22.3 Å². The van der Waals surface area contributed by atoms with Crippen molar-refractivity contribution in [2.45, 2.75) is 35.6 Å². The topological polar surface area (TPSA) is 224 Å². The lowest BCUT2D eigenvalue weighted by atomic mass is 9.99. The number of ether oxygens (including phenoxy) is 2. The first-order valence-corrected chi connectivity index (χ1v) is 11.5. The fourth-order valence-electron chi connectivity index (χ4n) is 3.71. The van der Waals surface area contributed by atoms with Crippen molar-refractivity contribution in [3.05, 3.63) is 46.6 Å². The number of aliphatic hydroxyl groups is 4. The van der Waals surface area contributed by atoms with E-state index in [1.54, 1.807) is 6.07 Å². The van der Waals surface area contributed by atoms with Gasteiger partial charge in [-0.2, -0.15) is 8.42 Å². The van der Waals surface area contributed by atoms with Crippen molar-refractivity contribution in [1.29, 1.82) is 0 Å². The summed E-state index contributed by atoms with van der Waals surface area (Å²) in [5.74, 6) is -3.18. The van der Waals surface area contributed by atoms with E-state index in [4.69, 9.17) is 13.9 Å². The number of fused-ring (bicyclic) bond motifs is 1. The van der Waals surface area contributed by atoms with Crippen molar-refractivity contribution in [2.75, 3.05) is 6.61 Å². The van der Waals surface area contributed by atoms with Crippen LogP contribution in [0.2, 0.25) is 0 Å². The summed E-state index contributed by atoms with van der Waals surface area (Å²) >= 11 is 0. The van der Waals surface area contributed by atoms with Gasteiger partial charge in [-0.3, -0.25) is 9.35 Å². The lowest BCUT2D eigenvalue weighted by Crippen LogP contribution is -2.60. The average Bonchev–Trinajstić information content (AvgIpc) is 2.80. The van der Waals surface area contributed by atoms with Gasteiger partial charge in [0.1, 0.15) is 41.3 Å². The number of rotatable bonds is 5. The van der Waals surface area contributed by atoms with Crippen molar-refractivity contribution < 1.29 is 57.5 Å². The molecule has 4 rings (SSSR count). The molecule has 1 aromatic heterocycles. The van der Waals surface area contributed by atoms with Crippen LogP contribution in [0, 0.1) is 0 Å². The van der Waals surface area contributed by atoms with Gasteiger partial charge in [-0.15, -0.1) is 0 Å². The molecule has 5 atom stereocenters. The van der Waals surface area contributed by atoms with Crippen LogP contribution in [0.4, 0.5) is 0 Å². The predicted octanol–water partition coefficient (Wildman–Crippen LogP) is -0.703. The Hall–Kier alpha value is -3.24. The van der Waals surface area contributed by atoms with Crippen molar-refractivity contribution >= 4 is 21.1 Å². The Morgan fingerprint density at radius 3 is 2.23 bits per heavy atom. The van der Waals surface area contributed by atoms with E-state index in [0.717, 1.165) is 0 Å². The van der Waals surface area contributed by atoms with E-state index in [2.05, 4.69) is 0 Å². The minimum atomic E-state index is -5.15. The molecular weight excluding hydrogens is 492 g/mol. The Morgan fingerprint density at radius 1 is 0.971 bits per heavy atom. The van der Waals surface area contributed by atoms with Crippen molar-refractivity contribution in [1.82, 2.24) is 0 Å². The van der Waals surface area contributed by atoms with Gasteiger partial charge >= 0.3 is 10.1 Å². The zero-order valence-corrected chi connectivity index (χ0v) is 18.4. The average molecular weight is 512 g/mol. The molecule has 0 saturated carbocycles. The van der Waals surface area contributed by atoms with Crippen molar-refractivity contribution in [2.24, 2.45) is 0 Å². The first-order valence-electron chi connectivity index (χ1n) is 10.0. The summed E-state index contributed by atoms with van der Waals surface area (Å²) in [6, 6.07) is 8.03. The molecule has 1 aliphatic rings. The molecule has 3 aromatic rings. The monoisotopic (exact) mass is 512 g/mol. The van der Waals surface area contributed by atoms with Gasteiger partial charge in [0.25, 0.3) is 0 Å². The highest BCUT2D eigenvalue weighted by atomic mass is 32.2. The van der Waals surface area contributed by atoms with Crippen molar-refractivity contribution in [3.63, 3.8) is 0 Å². The van der Waals surface area contributed by atoms with Gasteiger partial charge in [0, 0.05) is 11.6 Å². The Bertz CT molecular complexity index is 1410. The zero-order chi connectivity index (χ0) is 25.7. The molecule has 0 bridgehead atoms. The van der Waals surface area contributed by atoms with Crippen molar-refractivity contribution in [3.8, 4) is 28.6 Å². The van der Waals surface area contributed by atoms with E-state index in [1.807, 2.05) is 0 Å². The van der Waals surface area contributed by atoms with Gasteiger partial charge in [-0.1, -0.05) is 30.3 Å². The fourth-order valence-corrected chi connectivity index (χ4v) is 4.41. The molecule has 0 radical (unpaired) electrons. The number of phenols is 2. The fraction of sp³-hybridized carbons (Fsp3) is 0.286. The third-order valence-corrected chi connectivity index (χ3v) is 6.33. The molecule has 14 heteroatoms. The van der Waals surface area contributed by atoms with Gasteiger partial charge in [0.15, 0.2) is 16.2 Å². The van der Waals surface area contributed by atoms with Crippen LogP contribution in [0.1, 0.15) is 0 Å². The van der Waals surface area contributed by atoms with E-state index < -0.39 is 91.7 Å². The Morgan fingerprint density at radius 2 is 1.63 bits per heavy atom. The number of aromatic hydroxyl groups is 2. The van der Waals surface area contributed by atoms with Crippen LogP contribution in [0.5, 0.6) is 17.2 Å². The second-order valence-corrected chi connectivity index (χ2v) is 9.05. The molecule has 188 valence electrons. The molecule has 1 fully saturated rings. The molecule has 7 N–H and O–H groups in total. The van der Waals surface area contributed by atoms with Crippen LogP contribution < -0.4 is 10.2 Å². The molecule has 13 nitrogen and oxygen atoms in total. The Kier molecular flexibility index (Phi) is 6.46. The van der Waals surface area contributed by atoms with Gasteiger partial charge in [0.2, 0.25) is 17.5 Å². The third kappa shape index (κ3) is 4.32. The lowest BCUT2D eigenvalue weighted by Gasteiger charge is -2.39. The standard InChI is InChI=1S/C21H20O13S/c22-7-11-13(25)15(27)16(28)21(32-11)34-19-14(26)12-9(23)6-10(24)20(35(29,30)31)18(12)33-17(19)8-4-2-1-3-5-8/h1-6,11,13,15-16,21-25,27-28H,7H2,(H,29,30,31). The summed E-state index contributed by atoms with van der Waals surface area (Å²) in [7, 11) is -5.15. The molecule has 1 aliphatic heterocycles. The minimum Gasteiger partial charge on any atom is -0.507 e. The molecule has 5 unspecified atom stereocenters. The summed E-state index contributed by atoms with van der Waals surface area (Å²) in [5, 5.41) is 59.2. The summed E-state index contributed by atoms with van der Waals surface area (Å²) in [6.45, 7) is -0.777. The second-order valence-electron chi connectivity index (χ2n) is 7.69. The third-order valence-electron chi connectivity index (χ3n) is 5.42. The van der Waals surface area contributed by atoms with E-state index in [-0.39, 0.29) is 5.56 Å². The van der Waals surface area contributed by atoms with Gasteiger partial charge in [-0.25, -0.2) is 0 Å². The molecule has 1 saturated heterocycles. The second kappa shape index (κ2) is 9.09. The summed E-state index contributed by atoms with van der Waals surface area (Å²) in [4.78, 5) is 12.2. The summed E-state index contributed by atoms with van der Waals surface area (Å²) in [6.07, 6.45) is -8.65. The number of hydrogen-bond donors (Lipinski definition) is 7. The summed E-state index contributed by atoms with van der Waals surface area (Å²) in [5.41, 5.74) is -1.94. The normalized spacial score (nSPS) is 25.0. The predicted molar refractivity (Wildman–Crippen MR) is 115 cm³/mol. The van der Waals surface area contributed by atoms with Gasteiger partial charge in [-0.05, 0) is 0 Å². The van der Waals surface area contributed by atoms with Crippen LogP contribution >= 0.6 is 0 Å². The SMILES string of the molecule is O=c1c(OC2OC(CO)C(O)C(O)C2O)c(-c2ccccc2)oc2c(S(=O)(=O)O)c(O)cc(O)c12. The Labute approximate surface area is 196 Å². The van der Waals surface area contributed by atoms with Crippen LogP contribution in [-0.4, -0.2) is 80.9 Å². The molecule has 35 heavy (non-hydrogen) atoms. The van der Waals surface area contributed by atoms with Crippen LogP contribution in [0.15, 0.2) is 50.5 Å². The zero-order valence-electron chi connectivity index (χ0n) is 17.5. The lowest BCUT2D eigenvalue weighted by molar-refractivity contribution is -0.277. The van der Waals surface area contributed by atoms with E-state index >= 15 is 0 Å². The van der Waals surface area contributed by atoms with Gasteiger partial charge in [0.05, 0.1) is 6.61 Å². The maximum Gasteiger partial charge on any atom is 0.302 e. The minimum absolute atomic E-state index is 0.134. The maximum absolute atomic E-state index is 13.4. The maximum atomic E-state index is 13.4. The number of hydrogen-bond acceptors (Lipinski definition) is 12.